The average Bonchev–Trinajstić information content (AvgIpc) is 3.18. The molecular formula is C50H102N4O10S2. The molecule has 0 bridgehead atoms. The summed E-state index contributed by atoms with van der Waals surface area (Å²) in [7, 11) is -7.63. The normalized spacial score (nSPS) is 13.6. The zero-order valence-electron chi connectivity index (χ0n) is 44.0. The molecule has 16 heteroatoms. The van der Waals surface area contributed by atoms with Gasteiger partial charge in [0.25, 0.3) is 20.2 Å². The van der Waals surface area contributed by atoms with Crippen LogP contribution in [0.25, 0.3) is 0 Å². The molecule has 0 spiro atoms. The molecule has 394 valence electrons. The molecule has 14 nitrogen and oxygen atoms in total. The summed E-state index contributed by atoms with van der Waals surface area (Å²) in [6.45, 7) is 18.6. The summed E-state index contributed by atoms with van der Waals surface area (Å²) >= 11 is 0. The van der Waals surface area contributed by atoms with Crippen molar-refractivity contribution in [2.24, 2.45) is 0 Å². The maximum Gasteiger partial charge on any atom is 0.407 e. The Kier molecular flexibility index (Phi) is 37.1. The van der Waals surface area contributed by atoms with E-state index in [-0.39, 0.29) is 13.1 Å². The van der Waals surface area contributed by atoms with Crippen molar-refractivity contribution in [1.82, 2.24) is 20.4 Å². The van der Waals surface area contributed by atoms with Crippen LogP contribution in [0.1, 0.15) is 222 Å². The van der Waals surface area contributed by atoms with Gasteiger partial charge in [-0.25, -0.2) is 9.59 Å². The lowest BCUT2D eigenvalue weighted by Gasteiger charge is -2.29. The summed E-state index contributed by atoms with van der Waals surface area (Å²) in [6.07, 6.45) is 30.5. The van der Waals surface area contributed by atoms with E-state index in [1.165, 1.54) is 116 Å². The third-order valence-corrected chi connectivity index (χ3v) is 12.4. The highest BCUT2D eigenvalue weighted by Gasteiger charge is 2.25. The molecule has 0 aromatic carbocycles. The van der Waals surface area contributed by atoms with Crippen LogP contribution in [-0.4, -0.2) is 127 Å². The second kappa shape index (κ2) is 38.1. The molecule has 0 fully saturated rings. The monoisotopic (exact) mass is 983 g/mol. The van der Waals surface area contributed by atoms with Crippen molar-refractivity contribution >= 4 is 32.4 Å². The smallest absolute Gasteiger partial charge is 0.407 e. The fourth-order valence-electron chi connectivity index (χ4n) is 7.96. The predicted molar refractivity (Wildman–Crippen MR) is 272 cm³/mol. The minimum atomic E-state index is -3.82. The van der Waals surface area contributed by atoms with E-state index in [0.717, 1.165) is 77.0 Å². The second-order valence-corrected chi connectivity index (χ2v) is 23.9. The van der Waals surface area contributed by atoms with Gasteiger partial charge >= 0.3 is 12.2 Å². The molecule has 0 aromatic rings. The Labute approximate surface area is 406 Å². The number of ether oxygens (including phenoxy) is 2. The SMILES string of the molecule is CCCCCCCCCCCCCCN(CCCCN(CCCCCCCCCCCCCC)CC(CNC(=O)OC(C)(C)C)OS(C)(=O)=O)CC(CNC(=O)OC(C)(C)C)OS(C)(=O)=O. The van der Waals surface area contributed by atoms with Crippen LogP contribution in [0, 0.1) is 0 Å². The highest BCUT2D eigenvalue weighted by Crippen LogP contribution is 2.16. The summed E-state index contributed by atoms with van der Waals surface area (Å²) in [5, 5.41) is 5.41. The summed E-state index contributed by atoms with van der Waals surface area (Å²) in [5.41, 5.74) is -1.41. The van der Waals surface area contributed by atoms with Crippen LogP contribution in [-0.2, 0) is 38.1 Å². The number of amides is 2. The molecule has 0 saturated carbocycles. The molecule has 0 saturated heterocycles. The average molecular weight is 984 g/mol. The molecule has 0 rings (SSSR count). The molecule has 2 atom stereocenters. The first-order chi connectivity index (χ1) is 31.0. The highest BCUT2D eigenvalue weighted by atomic mass is 32.2. The van der Waals surface area contributed by atoms with Crippen molar-refractivity contribution in [2.45, 2.75) is 246 Å². The van der Waals surface area contributed by atoms with Gasteiger partial charge in [0, 0.05) is 26.2 Å². The molecule has 2 unspecified atom stereocenters. The predicted octanol–water partition coefficient (Wildman–Crippen LogP) is 11.5. The first kappa shape index (κ1) is 64.3. The topological polar surface area (TPSA) is 170 Å². The lowest BCUT2D eigenvalue weighted by Crippen LogP contribution is -2.45. The minimum Gasteiger partial charge on any atom is -0.444 e. The molecule has 66 heavy (non-hydrogen) atoms. The van der Waals surface area contributed by atoms with Crippen LogP contribution >= 0.6 is 0 Å². The number of alkyl carbamates (subject to hydrolysis) is 2. The van der Waals surface area contributed by atoms with Crippen LogP contribution in [0.2, 0.25) is 0 Å². The van der Waals surface area contributed by atoms with Crippen LogP contribution in [0.5, 0.6) is 0 Å². The fourth-order valence-corrected chi connectivity index (χ4v) is 9.21. The number of unbranched alkanes of at least 4 members (excludes halogenated alkanes) is 23. The van der Waals surface area contributed by atoms with Crippen molar-refractivity contribution < 1.29 is 44.3 Å². The quantitative estimate of drug-likeness (QED) is 0.0438. The van der Waals surface area contributed by atoms with E-state index in [0.29, 0.717) is 26.2 Å². The lowest BCUT2D eigenvalue weighted by atomic mass is 10.1. The summed E-state index contributed by atoms with van der Waals surface area (Å²) in [4.78, 5) is 29.6. The maximum atomic E-state index is 12.5. The van der Waals surface area contributed by atoms with E-state index in [2.05, 4.69) is 34.3 Å². The third kappa shape index (κ3) is 46.0. The molecule has 2 N–H and O–H groups in total. The van der Waals surface area contributed by atoms with Gasteiger partial charge in [-0.2, -0.15) is 16.8 Å². The van der Waals surface area contributed by atoms with Gasteiger partial charge in [0.05, 0.1) is 12.5 Å². The van der Waals surface area contributed by atoms with Crippen LogP contribution in [0.3, 0.4) is 0 Å². The Bertz CT molecular complexity index is 1310. The van der Waals surface area contributed by atoms with Gasteiger partial charge in [0.15, 0.2) is 0 Å². The number of nitrogens with zero attached hydrogens (tertiary/aromatic N) is 2. The fraction of sp³-hybridized carbons (Fsp3) is 0.960. The lowest BCUT2D eigenvalue weighted by molar-refractivity contribution is 0.0476. The van der Waals surface area contributed by atoms with Gasteiger partial charge in [-0.3, -0.25) is 8.37 Å². The van der Waals surface area contributed by atoms with E-state index < -0.39 is 55.8 Å². The zero-order valence-corrected chi connectivity index (χ0v) is 45.6. The Morgan fingerprint density at radius 3 is 0.879 bits per heavy atom. The first-order valence-electron chi connectivity index (χ1n) is 26.2. The second-order valence-electron chi connectivity index (χ2n) is 20.7. The van der Waals surface area contributed by atoms with Crippen molar-refractivity contribution in [2.75, 3.05) is 64.9 Å². The van der Waals surface area contributed by atoms with Crippen molar-refractivity contribution in [3.05, 3.63) is 0 Å². The van der Waals surface area contributed by atoms with E-state index in [9.17, 15) is 26.4 Å². The van der Waals surface area contributed by atoms with E-state index in [4.69, 9.17) is 17.8 Å². The van der Waals surface area contributed by atoms with Crippen molar-refractivity contribution in [3.8, 4) is 0 Å². The molecule has 0 radical (unpaired) electrons. The molecule has 0 aliphatic heterocycles. The van der Waals surface area contributed by atoms with Crippen molar-refractivity contribution in [3.63, 3.8) is 0 Å². The third-order valence-electron chi connectivity index (χ3n) is 11.1. The number of hydrogen-bond donors (Lipinski definition) is 2. The molecule has 0 aromatic heterocycles. The summed E-state index contributed by atoms with van der Waals surface area (Å²) < 4.78 is 71.4. The van der Waals surface area contributed by atoms with Gasteiger partial charge in [0.2, 0.25) is 0 Å². The number of nitrogens with one attached hydrogen (secondary N) is 2. The number of hydrogen-bond acceptors (Lipinski definition) is 12. The first-order valence-corrected chi connectivity index (χ1v) is 29.8. The maximum absolute atomic E-state index is 12.5. The number of carbonyl (C=O) groups is 2. The van der Waals surface area contributed by atoms with Crippen LogP contribution in [0.15, 0.2) is 0 Å². The summed E-state index contributed by atoms with van der Waals surface area (Å²) in [6, 6.07) is 0. The number of rotatable bonds is 43. The Morgan fingerprint density at radius 2 is 0.652 bits per heavy atom. The minimum absolute atomic E-state index is 0.0250. The molecule has 0 aliphatic rings. The van der Waals surface area contributed by atoms with Gasteiger partial charge in [-0.05, 0) is 93.4 Å². The van der Waals surface area contributed by atoms with Crippen LogP contribution in [0.4, 0.5) is 9.59 Å². The van der Waals surface area contributed by atoms with Crippen LogP contribution < -0.4 is 10.6 Å². The Morgan fingerprint density at radius 1 is 0.424 bits per heavy atom. The van der Waals surface area contributed by atoms with Gasteiger partial charge in [-0.15, -0.1) is 0 Å². The molecule has 2 amide bonds. The number of carbonyl (C=O) groups excluding carboxylic acids is 2. The largest absolute Gasteiger partial charge is 0.444 e. The van der Waals surface area contributed by atoms with Crippen molar-refractivity contribution in [1.29, 1.82) is 0 Å². The zero-order chi connectivity index (χ0) is 49.7. The summed E-state index contributed by atoms with van der Waals surface area (Å²) in [5.74, 6) is 0. The van der Waals surface area contributed by atoms with Gasteiger partial charge < -0.3 is 29.9 Å². The van der Waals surface area contributed by atoms with E-state index in [1.807, 2.05) is 0 Å². The Balaban J connectivity index is 5.76. The van der Waals surface area contributed by atoms with E-state index >= 15 is 0 Å². The Hall–Kier alpha value is -1.72. The molecular weight excluding hydrogens is 881 g/mol. The standard InChI is InChI=1S/C50H102N4O10S2/c1-11-13-15-17-19-21-23-25-27-29-31-33-37-53(43-45(63-65(9,57)58)41-51-47(55)61-49(3,4)5)39-35-36-40-54(38-34-32-30-28-26-24-22-20-18-16-14-12-2)44-46(64-66(10,59)60)42-52-48(56)62-50(6,7)8/h45-46H,11-44H2,1-10H3,(H,51,55)(H,52,56). The molecule has 0 heterocycles. The molecule has 0 aliphatic carbocycles. The highest BCUT2D eigenvalue weighted by molar-refractivity contribution is 7.86. The van der Waals surface area contributed by atoms with E-state index in [1.54, 1.807) is 41.5 Å². The van der Waals surface area contributed by atoms with Gasteiger partial charge in [-0.1, -0.05) is 155 Å². The van der Waals surface area contributed by atoms with Gasteiger partial charge in [0.1, 0.15) is 23.4 Å².